The Labute approximate surface area is 104 Å². The van der Waals surface area contributed by atoms with Crippen LogP contribution in [0.2, 0.25) is 0 Å². The van der Waals surface area contributed by atoms with Gasteiger partial charge in [-0.3, -0.25) is 0 Å². The average molecular weight is 251 g/mol. The zero-order valence-electron chi connectivity index (χ0n) is 9.77. The van der Waals surface area contributed by atoms with E-state index in [1.54, 1.807) is 12.3 Å². The van der Waals surface area contributed by atoms with Crippen LogP contribution in [-0.2, 0) is 6.42 Å². The molecular weight excluding hydrogens is 237 g/mol. The monoisotopic (exact) mass is 251 g/mol. The predicted molar refractivity (Wildman–Crippen MR) is 66.7 cm³/mol. The van der Waals surface area contributed by atoms with Crippen molar-refractivity contribution in [3.63, 3.8) is 0 Å². The van der Waals surface area contributed by atoms with Crippen molar-refractivity contribution in [3.05, 3.63) is 51.2 Å². The van der Waals surface area contributed by atoms with Crippen LogP contribution >= 0.6 is 11.3 Å². The van der Waals surface area contributed by atoms with E-state index < -0.39 is 6.10 Å². The minimum absolute atomic E-state index is 0.265. The normalized spacial score (nSPS) is 12.7. The maximum atomic E-state index is 13.1. The number of benzene rings is 1. The number of aliphatic hydroxyl groups excluding tert-OH is 1. The Balaban J connectivity index is 2.18. The Morgan fingerprint density at radius 1 is 1.41 bits per heavy atom. The number of aromatic nitrogens is 1. The van der Waals surface area contributed by atoms with Crippen LogP contribution in [0.4, 0.5) is 4.39 Å². The van der Waals surface area contributed by atoms with Gasteiger partial charge in [0.05, 0.1) is 16.0 Å². The van der Waals surface area contributed by atoms with Gasteiger partial charge in [-0.2, -0.15) is 0 Å². The lowest BCUT2D eigenvalue weighted by Gasteiger charge is -2.10. The van der Waals surface area contributed by atoms with Crippen molar-refractivity contribution in [3.8, 4) is 0 Å². The van der Waals surface area contributed by atoms with Crippen molar-refractivity contribution in [1.29, 1.82) is 0 Å². The van der Waals surface area contributed by atoms with Crippen molar-refractivity contribution in [2.45, 2.75) is 26.4 Å². The van der Waals surface area contributed by atoms with Gasteiger partial charge >= 0.3 is 0 Å². The van der Waals surface area contributed by atoms with E-state index in [4.69, 9.17) is 0 Å². The van der Waals surface area contributed by atoms with E-state index in [1.807, 2.05) is 13.8 Å². The third-order valence-electron chi connectivity index (χ3n) is 2.69. The van der Waals surface area contributed by atoms with Crippen molar-refractivity contribution in [2.75, 3.05) is 0 Å². The highest BCUT2D eigenvalue weighted by Gasteiger charge is 2.13. The lowest BCUT2D eigenvalue weighted by molar-refractivity contribution is 0.182. The van der Waals surface area contributed by atoms with Crippen molar-refractivity contribution in [1.82, 2.24) is 4.98 Å². The molecule has 1 aromatic heterocycles. The average Bonchev–Trinajstić information content (AvgIpc) is 2.70. The Morgan fingerprint density at radius 2 is 2.18 bits per heavy atom. The molecule has 1 unspecified atom stereocenters. The Hall–Kier alpha value is -1.26. The van der Waals surface area contributed by atoms with Crippen LogP contribution in [0.15, 0.2) is 24.4 Å². The summed E-state index contributed by atoms with van der Waals surface area (Å²) in [6.45, 7) is 3.81. The molecule has 0 radical (unpaired) electrons. The standard InChI is InChI=1S/C13H14FNOS/c1-8-3-4-11(14)5-10(8)6-12(16)13-7-15-9(2)17-13/h3-5,7,12,16H,6H2,1-2H3. The fourth-order valence-corrected chi connectivity index (χ4v) is 2.47. The fourth-order valence-electron chi connectivity index (χ4n) is 1.70. The quantitative estimate of drug-likeness (QED) is 0.909. The molecule has 0 aliphatic heterocycles. The summed E-state index contributed by atoms with van der Waals surface area (Å²) in [6.07, 6.45) is 1.49. The van der Waals surface area contributed by atoms with E-state index in [9.17, 15) is 9.50 Å². The second-order valence-electron chi connectivity index (χ2n) is 4.07. The maximum absolute atomic E-state index is 13.1. The molecule has 0 aliphatic rings. The molecule has 17 heavy (non-hydrogen) atoms. The van der Waals surface area contributed by atoms with E-state index in [0.29, 0.717) is 6.42 Å². The number of nitrogens with zero attached hydrogens (tertiary/aromatic N) is 1. The summed E-state index contributed by atoms with van der Waals surface area (Å²) >= 11 is 1.47. The van der Waals surface area contributed by atoms with Crippen LogP contribution in [0.5, 0.6) is 0 Å². The number of thiazole rings is 1. The van der Waals surface area contributed by atoms with Gasteiger partial charge in [-0.15, -0.1) is 11.3 Å². The van der Waals surface area contributed by atoms with Crippen LogP contribution in [0.3, 0.4) is 0 Å². The first-order valence-corrected chi connectivity index (χ1v) is 6.23. The Kier molecular flexibility index (Phi) is 3.54. The van der Waals surface area contributed by atoms with Gasteiger partial charge in [0.1, 0.15) is 5.82 Å². The molecule has 0 saturated carbocycles. The van der Waals surface area contributed by atoms with E-state index in [0.717, 1.165) is 21.0 Å². The van der Waals surface area contributed by atoms with Gasteiger partial charge in [0.25, 0.3) is 0 Å². The smallest absolute Gasteiger partial charge is 0.123 e. The van der Waals surface area contributed by atoms with E-state index in [1.165, 1.54) is 23.5 Å². The molecule has 2 nitrogen and oxygen atoms in total. The molecule has 0 spiro atoms. The molecule has 1 aromatic carbocycles. The minimum Gasteiger partial charge on any atom is -0.387 e. The maximum Gasteiger partial charge on any atom is 0.123 e. The third kappa shape index (κ3) is 2.90. The molecule has 1 atom stereocenters. The highest BCUT2D eigenvalue weighted by atomic mass is 32.1. The van der Waals surface area contributed by atoms with Gasteiger partial charge in [0, 0.05) is 12.6 Å². The first kappa shape index (κ1) is 12.2. The fraction of sp³-hybridized carbons (Fsp3) is 0.308. The summed E-state index contributed by atoms with van der Waals surface area (Å²) < 4.78 is 13.1. The zero-order chi connectivity index (χ0) is 12.4. The van der Waals surface area contributed by atoms with Gasteiger partial charge in [-0.25, -0.2) is 9.37 Å². The largest absolute Gasteiger partial charge is 0.387 e. The van der Waals surface area contributed by atoms with Crippen LogP contribution < -0.4 is 0 Å². The summed E-state index contributed by atoms with van der Waals surface area (Å²) in [5.74, 6) is -0.265. The Bertz CT molecular complexity index is 524. The van der Waals surface area contributed by atoms with Crippen LogP contribution in [0.1, 0.15) is 27.1 Å². The van der Waals surface area contributed by atoms with Gasteiger partial charge in [-0.05, 0) is 37.1 Å². The third-order valence-corrected chi connectivity index (χ3v) is 3.71. The molecule has 0 saturated heterocycles. The number of aryl methyl sites for hydroxylation is 2. The summed E-state index contributed by atoms with van der Waals surface area (Å²) in [7, 11) is 0. The molecule has 1 heterocycles. The van der Waals surface area contributed by atoms with Gasteiger partial charge in [0.15, 0.2) is 0 Å². The first-order chi connectivity index (χ1) is 8.06. The number of aliphatic hydroxyl groups is 1. The zero-order valence-corrected chi connectivity index (χ0v) is 10.6. The van der Waals surface area contributed by atoms with Crippen molar-refractivity contribution in [2.24, 2.45) is 0 Å². The molecule has 0 amide bonds. The molecule has 2 aromatic rings. The lowest BCUT2D eigenvalue weighted by atomic mass is 10.0. The van der Waals surface area contributed by atoms with Crippen LogP contribution in [0, 0.1) is 19.7 Å². The summed E-state index contributed by atoms with van der Waals surface area (Å²) in [5, 5.41) is 11.0. The van der Waals surface area contributed by atoms with E-state index >= 15 is 0 Å². The molecule has 4 heteroatoms. The number of halogens is 1. The molecule has 0 fully saturated rings. The second kappa shape index (κ2) is 4.94. The van der Waals surface area contributed by atoms with E-state index in [2.05, 4.69) is 4.98 Å². The van der Waals surface area contributed by atoms with Crippen LogP contribution in [-0.4, -0.2) is 10.1 Å². The highest BCUT2D eigenvalue weighted by molar-refractivity contribution is 7.11. The van der Waals surface area contributed by atoms with Gasteiger partial charge < -0.3 is 5.11 Å². The summed E-state index contributed by atoms with van der Waals surface area (Å²) in [6, 6.07) is 4.64. The van der Waals surface area contributed by atoms with Gasteiger partial charge in [-0.1, -0.05) is 6.07 Å². The lowest BCUT2D eigenvalue weighted by Crippen LogP contribution is -2.01. The molecule has 2 rings (SSSR count). The molecule has 1 N–H and O–H groups in total. The summed E-state index contributed by atoms with van der Waals surface area (Å²) in [4.78, 5) is 4.93. The molecule has 90 valence electrons. The summed E-state index contributed by atoms with van der Waals surface area (Å²) in [5.41, 5.74) is 1.83. The molecule has 0 aliphatic carbocycles. The number of hydrogen-bond donors (Lipinski definition) is 1. The SMILES string of the molecule is Cc1ncc(C(O)Cc2cc(F)ccc2C)s1. The first-order valence-electron chi connectivity index (χ1n) is 5.41. The molecule has 0 bridgehead atoms. The second-order valence-corrected chi connectivity index (χ2v) is 5.34. The van der Waals surface area contributed by atoms with Crippen molar-refractivity contribution < 1.29 is 9.50 Å². The van der Waals surface area contributed by atoms with E-state index in [-0.39, 0.29) is 5.82 Å². The minimum atomic E-state index is -0.610. The Morgan fingerprint density at radius 3 is 2.82 bits per heavy atom. The highest BCUT2D eigenvalue weighted by Crippen LogP contribution is 2.25. The van der Waals surface area contributed by atoms with Gasteiger partial charge in [0.2, 0.25) is 0 Å². The molecular formula is C13H14FNOS. The van der Waals surface area contributed by atoms with Crippen LogP contribution in [0.25, 0.3) is 0 Å². The number of hydrogen-bond acceptors (Lipinski definition) is 3. The topological polar surface area (TPSA) is 33.1 Å². The van der Waals surface area contributed by atoms with Crippen molar-refractivity contribution >= 4 is 11.3 Å². The number of rotatable bonds is 3. The predicted octanol–water partition coefficient (Wildman–Crippen LogP) is 3.18.